The average Bonchev–Trinajstić information content (AvgIpc) is 2.12. The Kier molecular flexibility index (Phi) is 1.62. The van der Waals surface area contributed by atoms with Crippen molar-refractivity contribution >= 4 is 17.5 Å². The van der Waals surface area contributed by atoms with Crippen LogP contribution in [-0.2, 0) is 9.59 Å². The molecule has 0 aliphatic carbocycles. The molecule has 1 atom stereocenters. The van der Waals surface area contributed by atoms with Crippen molar-refractivity contribution in [1.82, 2.24) is 4.90 Å². The van der Waals surface area contributed by atoms with Gasteiger partial charge in [0.15, 0.2) is 0 Å². The summed E-state index contributed by atoms with van der Waals surface area (Å²) in [6.45, 7) is 0. The van der Waals surface area contributed by atoms with Crippen molar-refractivity contribution in [3.63, 3.8) is 0 Å². The van der Waals surface area contributed by atoms with Gasteiger partial charge in [0, 0.05) is 19.3 Å². The summed E-state index contributed by atoms with van der Waals surface area (Å²) in [6, 6.07) is 0. The third-order valence-corrected chi connectivity index (χ3v) is 2.07. The fourth-order valence-electron chi connectivity index (χ4n) is 1.34. The predicted molar refractivity (Wildman–Crippen MR) is 47.0 cm³/mol. The maximum absolute atomic E-state index is 11.5. The van der Waals surface area contributed by atoms with E-state index in [1.807, 2.05) is 0 Å². The van der Waals surface area contributed by atoms with Crippen LogP contribution in [0.3, 0.4) is 0 Å². The van der Waals surface area contributed by atoms with E-state index in [0.29, 0.717) is 5.71 Å². The van der Waals surface area contributed by atoms with Crippen LogP contribution < -0.4 is 0 Å². The summed E-state index contributed by atoms with van der Waals surface area (Å²) >= 11 is 0. The molecule has 0 saturated carbocycles. The van der Waals surface area contributed by atoms with E-state index in [1.54, 1.807) is 25.4 Å². The lowest BCUT2D eigenvalue weighted by Gasteiger charge is -2.24. The Bertz CT molecular complexity index is 366. The summed E-state index contributed by atoms with van der Waals surface area (Å²) in [5, 5.41) is 0. The van der Waals surface area contributed by atoms with Crippen molar-refractivity contribution in [3.8, 4) is 0 Å². The summed E-state index contributed by atoms with van der Waals surface area (Å²) in [7, 11) is 1.68. The van der Waals surface area contributed by atoms with E-state index in [1.165, 1.54) is 11.0 Å². The highest BCUT2D eigenvalue weighted by Crippen LogP contribution is 2.17. The van der Waals surface area contributed by atoms with Gasteiger partial charge in [-0.25, -0.2) is 4.99 Å². The number of hydrogen-bond acceptors (Lipinski definition) is 2. The molecule has 4 nitrogen and oxygen atoms in total. The molecule has 0 bridgehead atoms. The lowest BCUT2D eigenvalue weighted by molar-refractivity contribution is -0.128. The Morgan fingerprint density at radius 1 is 1.38 bits per heavy atom. The summed E-state index contributed by atoms with van der Waals surface area (Å²) in [5.74, 6) is -0.717. The molecule has 2 amide bonds. The number of hydrogen-bond donors (Lipinski definition) is 0. The first kappa shape index (κ1) is 7.91. The van der Waals surface area contributed by atoms with Gasteiger partial charge in [0.25, 0.3) is 5.91 Å². The molecular weight excluding hydrogens is 168 g/mol. The van der Waals surface area contributed by atoms with E-state index in [4.69, 9.17) is 0 Å². The SMILES string of the molecule is CN1C=CC2=NC(=O)C=CC2C1=O. The van der Waals surface area contributed by atoms with Crippen molar-refractivity contribution in [2.75, 3.05) is 7.05 Å². The van der Waals surface area contributed by atoms with Crippen molar-refractivity contribution in [2.45, 2.75) is 0 Å². The highest BCUT2D eigenvalue weighted by atomic mass is 16.2. The second-order valence-corrected chi connectivity index (χ2v) is 2.98. The molecule has 2 heterocycles. The molecule has 13 heavy (non-hydrogen) atoms. The standard InChI is InChI=1S/C9H8N2O2/c1-11-5-4-7-6(9(11)13)2-3-8(12)10-7/h2-6H,1H3. The summed E-state index contributed by atoms with van der Waals surface area (Å²) in [6.07, 6.45) is 6.23. The van der Waals surface area contributed by atoms with E-state index in [0.717, 1.165) is 0 Å². The highest BCUT2D eigenvalue weighted by molar-refractivity contribution is 6.19. The molecule has 0 saturated heterocycles. The molecule has 1 unspecified atom stereocenters. The van der Waals surface area contributed by atoms with E-state index >= 15 is 0 Å². The minimum Gasteiger partial charge on any atom is -0.321 e. The number of carbonyl (C=O) groups excluding carboxylic acids is 2. The van der Waals surface area contributed by atoms with Gasteiger partial charge in [-0.2, -0.15) is 0 Å². The predicted octanol–water partition coefficient (Wildman–Crippen LogP) is 0.126. The molecule has 2 aliphatic rings. The zero-order chi connectivity index (χ0) is 9.42. The number of amides is 2. The highest BCUT2D eigenvalue weighted by Gasteiger charge is 2.28. The van der Waals surface area contributed by atoms with Crippen molar-refractivity contribution in [3.05, 3.63) is 24.4 Å². The van der Waals surface area contributed by atoms with Gasteiger partial charge in [-0.15, -0.1) is 0 Å². The summed E-state index contributed by atoms with van der Waals surface area (Å²) < 4.78 is 0. The molecule has 4 heteroatoms. The molecule has 0 aromatic rings. The zero-order valence-corrected chi connectivity index (χ0v) is 7.10. The lowest BCUT2D eigenvalue weighted by atomic mass is 9.96. The van der Waals surface area contributed by atoms with Gasteiger partial charge in [0.05, 0.1) is 11.6 Å². The second kappa shape index (κ2) is 2.65. The van der Waals surface area contributed by atoms with Crippen LogP contribution in [-0.4, -0.2) is 29.5 Å². The molecule has 0 aromatic carbocycles. The molecule has 0 fully saturated rings. The largest absolute Gasteiger partial charge is 0.321 e. The molecule has 0 spiro atoms. The van der Waals surface area contributed by atoms with Gasteiger partial charge in [-0.1, -0.05) is 6.08 Å². The molecule has 2 aliphatic heterocycles. The molecule has 2 rings (SSSR count). The van der Waals surface area contributed by atoms with Crippen LogP contribution in [0.5, 0.6) is 0 Å². The average molecular weight is 176 g/mol. The van der Waals surface area contributed by atoms with Crippen molar-refractivity contribution in [1.29, 1.82) is 0 Å². The number of carbonyl (C=O) groups is 2. The molecule has 0 N–H and O–H groups in total. The quantitative estimate of drug-likeness (QED) is 0.526. The summed E-state index contributed by atoms with van der Waals surface area (Å²) in [5.41, 5.74) is 0.538. The van der Waals surface area contributed by atoms with Crippen LogP contribution >= 0.6 is 0 Å². The number of nitrogens with zero attached hydrogens (tertiary/aromatic N) is 2. The van der Waals surface area contributed by atoms with E-state index in [2.05, 4.69) is 4.99 Å². The third kappa shape index (κ3) is 1.20. The van der Waals surface area contributed by atoms with Crippen molar-refractivity contribution in [2.24, 2.45) is 10.9 Å². The maximum Gasteiger partial charge on any atom is 0.269 e. The Hall–Kier alpha value is -1.71. The smallest absolute Gasteiger partial charge is 0.269 e. The number of fused-ring (bicyclic) bond motifs is 1. The first-order valence-electron chi connectivity index (χ1n) is 3.94. The Labute approximate surface area is 75.2 Å². The Morgan fingerprint density at radius 3 is 2.92 bits per heavy atom. The van der Waals surface area contributed by atoms with Crippen LogP contribution in [0.15, 0.2) is 29.4 Å². The lowest BCUT2D eigenvalue weighted by Crippen LogP contribution is -2.37. The van der Waals surface area contributed by atoms with Crippen LogP contribution in [0, 0.1) is 5.92 Å². The third-order valence-electron chi connectivity index (χ3n) is 2.07. The number of rotatable bonds is 0. The first-order valence-corrected chi connectivity index (χ1v) is 3.94. The van der Waals surface area contributed by atoms with Gasteiger partial charge >= 0.3 is 0 Å². The Morgan fingerprint density at radius 2 is 2.15 bits per heavy atom. The number of aliphatic imine (C=N–C) groups is 1. The summed E-state index contributed by atoms with van der Waals surface area (Å²) in [4.78, 5) is 27.6. The normalized spacial score (nSPS) is 26.1. The molecule has 0 aromatic heterocycles. The van der Waals surface area contributed by atoms with Gasteiger partial charge in [-0.05, 0) is 6.08 Å². The zero-order valence-electron chi connectivity index (χ0n) is 7.10. The van der Waals surface area contributed by atoms with E-state index in [9.17, 15) is 9.59 Å². The first-order chi connectivity index (χ1) is 6.18. The van der Waals surface area contributed by atoms with Gasteiger partial charge in [0.2, 0.25) is 5.91 Å². The van der Waals surface area contributed by atoms with Crippen LogP contribution in [0.1, 0.15) is 0 Å². The molecule has 66 valence electrons. The fourth-order valence-corrected chi connectivity index (χ4v) is 1.34. The van der Waals surface area contributed by atoms with Crippen LogP contribution in [0.2, 0.25) is 0 Å². The second-order valence-electron chi connectivity index (χ2n) is 2.98. The topological polar surface area (TPSA) is 49.7 Å². The maximum atomic E-state index is 11.5. The minimum absolute atomic E-state index is 0.0509. The minimum atomic E-state index is -0.368. The van der Waals surface area contributed by atoms with Crippen molar-refractivity contribution < 1.29 is 9.59 Å². The van der Waals surface area contributed by atoms with Gasteiger partial charge < -0.3 is 4.90 Å². The van der Waals surface area contributed by atoms with E-state index < -0.39 is 0 Å². The Balaban J connectivity index is 2.42. The van der Waals surface area contributed by atoms with Crippen LogP contribution in [0.4, 0.5) is 0 Å². The monoisotopic (exact) mass is 176 g/mol. The van der Waals surface area contributed by atoms with Gasteiger partial charge in [0.1, 0.15) is 0 Å². The van der Waals surface area contributed by atoms with E-state index in [-0.39, 0.29) is 17.7 Å². The molecule has 0 radical (unpaired) electrons. The van der Waals surface area contributed by atoms with Crippen LogP contribution in [0.25, 0.3) is 0 Å². The fraction of sp³-hybridized carbons (Fsp3) is 0.222. The van der Waals surface area contributed by atoms with Gasteiger partial charge in [-0.3, -0.25) is 9.59 Å². The molecular formula is C9H8N2O2. The number of dihydropyridines is 1. The number of allylic oxidation sites excluding steroid dienone is 1.